The second-order valence-corrected chi connectivity index (χ2v) is 21.9. The molecule has 18 rings (SSSR count). The summed E-state index contributed by atoms with van der Waals surface area (Å²) in [5.41, 5.74) is 33.9. The van der Waals surface area contributed by atoms with Crippen molar-refractivity contribution >= 4 is 116 Å². The SMILES string of the molecule is c1ccc(-c2ccc3c(c2)N2c4cc(-c5ccccc5)ccc4B4c5c6c7c8c(c52)B3c2ccc(-c3ccccc3)cc2N8c2cc(-c3ccccc3)ccc2B7N(c2ccccc2)c2cccc(c2-6)N4c2ccccc2)cc1. The molecule has 0 saturated carbocycles. The van der Waals surface area contributed by atoms with Gasteiger partial charge in [-0.1, -0.05) is 212 Å². The molecule has 4 nitrogen and oxygen atoms in total. The molecular weight excluding hydrogens is 953 g/mol. The highest BCUT2D eigenvalue weighted by Gasteiger charge is 2.59. The van der Waals surface area contributed by atoms with E-state index in [1.807, 2.05) is 0 Å². The van der Waals surface area contributed by atoms with Gasteiger partial charge in [-0.05, 0) is 149 Å². The smallest absolute Gasteiger partial charge is 0.333 e. The van der Waals surface area contributed by atoms with Gasteiger partial charge in [-0.25, -0.2) is 0 Å². The van der Waals surface area contributed by atoms with Gasteiger partial charge < -0.3 is 19.4 Å². The minimum atomic E-state index is -0.159. The Kier molecular flexibility index (Phi) is 8.90. The van der Waals surface area contributed by atoms with Crippen molar-refractivity contribution in [3.05, 3.63) is 273 Å². The van der Waals surface area contributed by atoms with Gasteiger partial charge in [-0.2, -0.15) is 0 Å². The number of fused-ring (bicyclic) bond motifs is 12. The molecule has 6 aliphatic rings. The predicted octanol–water partition coefficient (Wildman–Crippen LogP) is 13.2. The minimum Gasteiger partial charge on any atom is -0.376 e. The molecular formula is C72H45B3N4. The van der Waals surface area contributed by atoms with E-state index in [1.165, 1.54) is 151 Å². The molecule has 12 aromatic carbocycles. The number of benzene rings is 12. The van der Waals surface area contributed by atoms with E-state index >= 15 is 0 Å². The van der Waals surface area contributed by atoms with E-state index in [2.05, 4.69) is 292 Å². The molecule has 362 valence electrons. The summed E-state index contributed by atoms with van der Waals surface area (Å²) in [6.45, 7) is -0.409. The lowest BCUT2D eigenvalue weighted by molar-refractivity contribution is 1.23. The van der Waals surface area contributed by atoms with Crippen molar-refractivity contribution in [1.29, 1.82) is 0 Å². The van der Waals surface area contributed by atoms with E-state index in [4.69, 9.17) is 0 Å². The van der Waals surface area contributed by atoms with Gasteiger partial charge in [0, 0.05) is 62.4 Å². The molecule has 12 aromatic rings. The fraction of sp³-hybridized carbons (Fsp3) is 0. The topological polar surface area (TPSA) is 13.0 Å². The summed E-state index contributed by atoms with van der Waals surface area (Å²) >= 11 is 0. The number of para-hydroxylation sites is 2. The van der Waals surface area contributed by atoms with Crippen LogP contribution < -0.4 is 57.7 Å². The van der Waals surface area contributed by atoms with Gasteiger partial charge in [0.1, 0.15) is 0 Å². The normalized spacial score (nSPS) is 13.9. The van der Waals surface area contributed by atoms with Crippen LogP contribution in [-0.4, -0.2) is 20.4 Å². The van der Waals surface area contributed by atoms with Gasteiger partial charge in [0.2, 0.25) is 0 Å². The van der Waals surface area contributed by atoms with Crippen molar-refractivity contribution in [1.82, 2.24) is 0 Å². The molecule has 6 heterocycles. The maximum absolute atomic E-state index is 2.73. The summed E-state index contributed by atoms with van der Waals surface area (Å²) in [4.78, 5) is 10.8. The fourth-order valence-electron chi connectivity index (χ4n) is 14.8. The number of nitrogens with zero attached hydrogens (tertiary/aromatic N) is 4. The van der Waals surface area contributed by atoms with Crippen LogP contribution in [0.25, 0.3) is 55.6 Å². The standard InChI is InChI=1S/C72H45B3N4/c1-7-20-46(21-8-1)50-34-38-56-62(42-50)76-64-44-52(48-24-11-3-12-25-48)36-40-58(64)74-68-67-66-60(78(74)54-28-15-5-16-29-54)32-19-33-61(66)79(55-30-17-6-18-31-55)75-59-41-37-53(49-26-13-4-14-27-49)45-65(59)77-63-43-51(47-22-9-2-10-23-47)35-39-57(63)73(56)70(71(68)76)72(77)69(67)75/h1-45H. The van der Waals surface area contributed by atoms with Crippen LogP contribution in [0.2, 0.25) is 0 Å². The second kappa shape index (κ2) is 16.3. The molecule has 0 spiro atoms. The zero-order chi connectivity index (χ0) is 51.4. The van der Waals surface area contributed by atoms with Crippen molar-refractivity contribution in [3.8, 4) is 55.6 Å². The van der Waals surface area contributed by atoms with Crippen LogP contribution in [0.5, 0.6) is 0 Å². The Hall–Kier alpha value is -9.97. The van der Waals surface area contributed by atoms with Crippen molar-refractivity contribution in [2.45, 2.75) is 0 Å². The van der Waals surface area contributed by atoms with E-state index in [9.17, 15) is 0 Å². The summed E-state index contributed by atoms with van der Waals surface area (Å²) in [5, 5.41) is 0. The van der Waals surface area contributed by atoms with Crippen molar-refractivity contribution in [3.63, 3.8) is 0 Å². The van der Waals surface area contributed by atoms with Crippen LogP contribution in [-0.2, 0) is 0 Å². The zero-order valence-corrected chi connectivity index (χ0v) is 43.0. The van der Waals surface area contributed by atoms with Gasteiger partial charge in [-0.3, -0.25) is 0 Å². The first-order valence-electron chi connectivity index (χ1n) is 27.7. The van der Waals surface area contributed by atoms with Crippen molar-refractivity contribution in [2.24, 2.45) is 0 Å². The Morgan fingerprint density at radius 3 is 0.899 bits per heavy atom. The molecule has 6 aliphatic heterocycles. The van der Waals surface area contributed by atoms with Gasteiger partial charge >= 0.3 is 13.7 Å². The van der Waals surface area contributed by atoms with Gasteiger partial charge in [-0.15, -0.1) is 0 Å². The molecule has 0 amide bonds. The van der Waals surface area contributed by atoms with E-state index in [0.29, 0.717) is 0 Å². The van der Waals surface area contributed by atoms with Crippen LogP contribution in [0.1, 0.15) is 0 Å². The predicted molar refractivity (Wildman–Crippen MR) is 335 cm³/mol. The average Bonchev–Trinajstić information content (AvgIpc) is 1.41. The quantitative estimate of drug-likeness (QED) is 0.154. The molecule has 0 saturated heterocycles. The van der Waals surface area contributed by atoms with E-state index in [0.717, 1.165) is 0 Å². The lowest BCUT2D eigenvalue weighted by Crippen LogP contribution is -2.74. The third kappa shape index (κ3) is 5.91. The maximum atomic E-state index is 2.73. The van der Waals surface area contributed by atoms with Crippen LogP contribution in [0, 0.1) is 0 Å². The Labute approximate surface area is 461 Å². The van der Waals surface area contributed by atoms with Gasteiger partial charge in [0.05, 0.1) is 0 Å². The third-order valence-electron chi connectivity index (χ3n) is 17.9. The van der Waals surface area contributed by atoms with Crippen LogP contribution >= 0.6 is 0 Å². The molecule has 0 aliphatic carbocycles. The van der Waals surface area contributed by atoms with Crippen LogP contribution in [0.3, 0.4) is 0 Å². The summed E-state index contributed by atoms with van der Waals surface area (Å²) in [6.07, 6.45) is 0. The first-order valence-corrected chi connectivity index (χ1v) is 27.7. The summed E-state index contributed by atoms with van der Waals surface area (Å²) in [7, 11) is 0. The summed E-state index contributed by atoms with van der Waals surface area (Å²) < 4.78 is 0. The van der Waals surface area contributed by atoms with E-state index < -0.39 is 0 Å². The summed E-state index contributed by atoms with van der Waals surface area (Å²) in [5.74, 6) is 0. The average molecular weight is 999 g/mol. The van der Waals surface area contributed by atoms with Gasteiger partial charge in [0.25, 0.3) is 6.71 Å². The Balaban J connectivity index is 1.05. The molecule has 0 radical (unpaired) electrons. The minimum absolute atomic E-state index is 0.0911. The monoisotopic (exact) mass is 998 g/mol. The molecule has 0 N–H and O–H groups in total. The Morgan fingerprint density at radius 2 is 0.544 bits per heavy atom. The Morgan fingerprint density at radius 1 is 0.228 bits per heavy atom. The number of hydrogen-bond donors (Lipinski definition) is 0. The van der Waals surface area contributed by atoms with Gasteiger partial charge in [0.15, 0.2) is 0 Å². The molecule has 0 fully saturated rings. The largest absolute Gasteiger partial charge is 0.376 e. The first kappa shape index (κ1) is 43.2. The maximum Gasteiger partial charge on any atom is 0.333 e. The van der Waals surface area contributed by atoms with Crippen molar-refractivity contribution < 1.29 is 0 Å². The zero-order valence-electron chi connectivity index (χ0n) is 43.0. The third-order valence-corrected chi connectivity index (χ3v) is 17.9. The highest BCUT2D eigenvalue weighted by Crippen LogP contribution is 2.57. The van der Waals surface area contributed by atoms with Crippen LogP contribution in [0.15, 0.2) is 273 Å². The fourth-order valence-corrected chi connectivity index (χ4v) is 14.8. The lowest BCUT2D eigenvalue weighted by atomic mass is 9.28. The second-order valence-electron chi connectivity index (χ2n) is 21.9. The number of rotatable bonds is 6. The molecule has 0 bridgehead atoms. The number of hydrogen-bond acceptors (Lipinski definition) is 4. The molecule has 0 atom stereocenters. The van der Waals surface area contributed by atoms with Crippen LogP contribution in [0.4, 0.5) is 56.9 Å². The van der Waals surface area contributed by atoms with Crippen molar-refractivity contribution in [2.75, 3.05) is 19.4 Å². The Bertz CT molecular complexity index is 4240. The van der Waals surface area contributed by atoms with E-state index in [1.54, 1.807) is 0 Å². The lowest BCUT2D eigenvalue weighted by Gasteiger charge is -2.56. The first-order chi connectivity index (χ1) is 39.2. The summed E-state index contributed by atoms with van der Waals surface area (Å²) in [6, 6.07) is 103. The molecule has 7 heteroatoms. The highest BCUT2D eigenvalue weighted by molar-refractivity contribution is 7.05. The molecule has 0 aromatic heterocycles. The number of anilines is 10. The van der Waals surface area contributed by atoms with E-state index in [-0.39, 0.29) is 20.4 Å². The highest BCUT2D eigenvalue weighted by atomic mass is 15.2. The molecule has 0 unspecified atom stereocenters. The molecule has 79 heavy (non-hydrogen) atoms.